The van der Waals surface area contributed by atoms with Crippen molar-refractivity contribution >= 4 is 11.6 Å². The molecule has 0 bridgehead atoms. The van der Waals surface area contributed by atoms with Gasteiger partial charge < -0.3 is 15.0 Å². The Morgan fingerprint density at radius 1 is 1.32 bits per heavy atom. The molecule has 0 radical (unpaired) electrons. The minimum atomic E-state index is -0.0742. The highest BCUT2D eigenvalue weighted by molar-refractivity contribution is 5.92. The van der Waals surface area contributed by atoms with Gasteiger partial charge in [0.1, 0.15) is 5.69 Å². The zero-order valence-corrected chi connectivity index (χ0v) is 14.5. The van der Waals surface area contributed by atoms with Crippen LogP contribution < -0.4 is 5.32 Å². The fourth-order valence-corrected chi connectivity index (χ4v) is 2.84. The monoisotopic (exact) mass is 340 g/mol. The summed E-state index contributed by atoms with van der Waals surface area (Å²) < 4.78 is 5.61. The van der Waals surface area contributed by atoms with Crippen molar-refractivity contribution < 1.29 is 9.53 Å². The number of pyridine rings is 2. The van der Waals surface area contributed by atoms with Gasteiger partial charge in [-0.1, -0.05) is 0 Å². The fraction of sp³-hybridized carbons (Fsp3) is 0.421. The Morgan fingerprint density at radius 2 is 2.16 bits per heavy atom. The maximum absolute atomic E-state index is 12.6. The lowest BCUT2D eigenvalue weighted by Gasteiger charge is -2.17. The molecule has 3 rings (SSSR count). The third kappa shape index (κ3) is 5.00. The van der Waals surface area contributed by atoms with Crippen molar-refractivity contribution in [3.63, 3.8) is 0 Å². The van der Waals surface area contributed by atoms with E-state index in [-0.39, 0.29) is 12.0 Å². The smallest absolute Gasteiger partial charge is 0.272 e. The Kier molecular flexibility index (Phi) is 5.95. The number of aromatic nitrogens is 2. The number of hydrogen-bond donors (Lipinski definition) is 1. The van der Waals surface area contributed by atoms with Gasteiger partial charge in [-0.2, -0.15) is 0 Å². The summed E-state index contributed by atoms with van der Waals surface area (Å²) in [6.45, 7) is 2.24. The van der Waals surface area contributed by atoms with E-state index in [9.17, 15) is 4.79 Å². The number of nitrogens with one attached hydrogen (secondary N) is 1. The summed E-state index contributed by atoms with van der Waals surface area (Å²) in [4.78, 5) is 22.5. The zero-order chi connectivity index (χ0) is 17.5. The first-order valence-electron chi connectivity index (χ1n) is 8.68. The molecule has 2 aromatic rings. The van der Waals surface area contributed by atoms with Crippen LogP contribution in [0, 0.1) is 0 Å². The van der Waals surface area contributed by atoms with E-state index >= 15 is 0 Å². The second-order valence-corrected chi connectivity index (χ2v) is 6.28. The number of carbonyl (C=O) groups is 1. The summed E-state index contributed by atoms with van der Waals surface area (Å²) in [6, 6.07) is 7.61. The molecule has 0 aliphatic carbocycles. The summed E-state index contributed by atoms with van der Waals surface area (Å²) in [5.74, 6) is -0.0742. The van der Waals surface area contributed by atoms with E-state index < -0.39 is 0 Å². The first-order valence-corrected chi connectivity index (χ1v) is 8.68. The third-order valence-electron chi connectivity index (χ3n) is 4.37. The summed E-state index contributed by atoms with van der Waals surface area (Å²) in [6.07, 6.45) is 8.46. The summed E-state index contributed by atoms with van der Waals surface area (Å²) in [5.41, 5.74) is 2.51. The molecule has 1 aliphatic heterocycles. The molecule has 0 saturated carbocycles. The van der Waals surface area contributed by atoms with E-state index in [2.05, 4.69) is 15.3 Å². The Bertz CT molecular complexity index is 687. The molecule has 1 fully saturated rings. The Labute approximate surface area is 148 Å². The molecule has 6 nitrogen and oxygen atoms in total. The minimum absolute atomic E-state index is 0.0742. The topological polar surface area (TPSA) is 67.4 Å². The van der Waals surface area contributed by atoms with Gasteiger partial charge in [-0.15, -0.1) is 0 Å². The van der Waals surface area contributed by atoms with Crippen LogP contribution in [0.4, 0.5) is 5.69 Å². The number of nitrogens with zero attached hydrogens (tertiary/aromatic N) is 3. The molecule has 3 heterocycles. The van der Waals surface area contributed by atoms with Crippen LogP contribution in [-0.2, 0) is 11.2 Å². The van der Waals surface area contributed by atoms with E-state index in [1.165, 1.54) is 0 Å². The summed E-state index contributed by atoms with van der Waals surface area (Å²) >= 11 is 0. The van der Waals surface area contributed by atoms with Crippen LogP contribution in [-0.4, -0.2) is 53.6 Å². The SMILES string of the molecule is CN(CCc1ccncc1)C(=O)c1cc(NCC2CCCO2)ccn1. The van der Waals surface area contributed by atoms with Crippen molar-refractivity contribution in [2.24, 2.45) is 0 Å². The van der Waals surface area contributed by atoms with E-state index in [4.69, 9.17) is 4.74 Å². The van der Waals surface area contributed by atoms with Gasteiger partial charge in [-0.25, -0.2) is 0 Å². The number of amides is 1. The molecule has 1 saturated heterocycles. The Balaban J connectivity index is 1.54. The highest BCUT2D eigenvalue weighted by Gasteiger charge is 2.16. The van der Waals surface area contributed by atoms with E-state index in [1.807, 2.05) is 18.2 Å². The molecule has 132 valence electrons. The molecular weight excluding hydrogens is 316 g/mol. The van der Waals surface area contributed by atoms with Gasteiger partial charge in [0.25, 0.3) is 5.91 Å². The Hall–Kier alpha value is -2.47. The molecule has 1 N–H and O–H groups in total. The zero-order valence-electron chi connectivity index (χ0n) is 14.5. The minimum Gasteiger partial charge on any atom is -0.382 e. The van der Waals surface area contributed by atoms with Crippen molar-refractivity contribution in [2.75, 3.05) is 32.1 Å². The number of likely N-dealkylation sites (N-methyl/N-ethyl adjacent to an activating group) is 1. The number of hydrogen-bond acceptors (Lipinski definition) is 5. The van der Waals surface area contributed by atoms with Crippen LogP contribution in [0.15, 0.2) is 42.9 Å². The largest absolute Gasteiger partial charge is 0.382 e. The summed E-state index contributed by atoms with van der Waals surface area (Å²) in [7, 11) is 1.80. The van der Waals surface area contributed by atoms with Gasteiger partial charge in [0.05, 0.1) is 6.10 Å². The van der Waals surface area contributed by atoms with Crippen molar-refractivity contribution in [3.8, 4) is 0 Å². The second kappa shape index (κ2) is 8.58. The van der Waals surface area contributed by atoms with Crippen molar-refractivity contribution in [1.82, 2.24) is 14.9 Å². The van der Waals surface area contributed by atoms with Crippen LogP contribution in [0.5, 0.6) is 0 Å². The molecule has 1 amide bonds. The lowest BCUT2D eigenvalue weighted by Crippen LogP contribution is -2.29. The fourth-order valence-electron chi connectivity index (χ4n) is 2.84. The van der Waals surface area contributed by atoms with Crippen molar-refractivity contribution in [3.05, 3.63) is 54.1 Å². The van der Waals surface area contributed by atoms with Crippen LogP contribution in [0.1, 0.15) is 28.9 Å². The normalized spacial score (nSPS) is 16.6. The molecule has 0 spiro atoms. The standard InChI is InChI=1S/C19H24N4O2/c1-23(11-7-15-4-8-20-9-5-15)19(24)18-13-16(6-10-21-18)22-14-17-3-2-12-25-17/h4-6,8-10,13,17H,2-3,7,11-12,14H2,1H3,(H,21,22). The van der Waals surface area contributed by atoms with Gasteiger partial charge in [-0.05, 0) is 49.1 Å². The van der Waals surface area contributed by atoms with E-state index in [1.54, 1.807) is 36.6 Å². The lowest BCUT2D eigenvalue weighted by molar-refractivity contribution is 0.0791. The lowest BCUT2D eigenvalue weighted by atomic mass is 10.2. The van der Waals surface area contributed by atoms with Crippen LogP contribution >= 0.6 is 0 Å². The van der Waals surface area contributed by atoms with Gasteiger partial charge in [-0.3, -0.25) is 14.8 Å². The maximum atomic E-state index is 12.6. The highest BCUT2D eigenvalue weighted by Crippen LogP contribution is 2.15. The molecular formula is C19H24N4O2. The van der Waals surface area contributed by atoms with Gasteiger partial charge in [0, 0.05) is 51.0 Å². The molecule has 1 aliphatic rings. The predicted octanol–water partition coefficient (Wildman–Crippen LogP) is 2.38. The van der Waals surface area contributed by atoms with E-state index in [0.717, 1.165) is 43.7 Å². The van der Waals surface area contributed by atoms with Gasteiger partial charge in [0.2, 0.25) is 0 Å². The molecule has 1 atom stereocenters. The van der Waals surface area contributed by atoms with E-state index in [0.29, 0.717) is 12.2 Å². The van der Waals surface area contributed by atoms with Crippen LogP contribution in [0.2, 0.25) is 0 Å². The number of rotatable bonds is 7. The molecule has 25 heavy (non-hydrogen) atoms. The average molecular weight is 340 g/mol. The predicted molar refractivity (Wildman–Crippen MR) is 96.6 cm³/mol. The first kappa shape index (κ1) is 17.4. The molecule has 0 aromatic carbocycles. The number of carbonyl (C=O) groups excluding carboxylic acids is 1. The first-order chi connectivity index (χ1) is 12.2. The van der Waals surface area contributed by atoms with Crippen molar-refractivity contribution in [2.45, 2.75) is 25.4 Å². The van der Waals surface area contributed by atoms with Crippen molar-refractivity contribution in [1.29, 1.82) is 0 Å². The molecule has 6 heteroatoms. The second-order valence-electron chi connectivity index (χ2n) is 6.28. The summed E-state index contributed by atoms with van der Waals surface area (Å²) in [5, 5.41) is 3.34. The number of anilines is 1. The molecule has 2 aromatic heterocycles. The quantitative estimate of drug-likeness (QED) is 0.838. The number of ether oxygens (including phenoxy) is 1. The third-order valence-corrected chi connectivity index (χ3v) is 4.37. The maximum Gasteiger partial charge on any atom is 0.272 e. The van der Waals surface area contributed by atoms with Crippen LogP contribution in [0.3, 0.4) is 0 Å². The Morgan fingerprint density at radius 3 is 2.92 bits per heavy atom. The van der Waals surface area contributed by atoms with Crippen LogP contribution in [0.25, 0.3) is 0 Å². The van der Waals surface area contributed by atoms with Gasteiger partial charge in [0.15, 0.2) is 0 Å². The average Bonchev–Trinajstić information content (AvgIpc) is 3.18. The highest BCUT2D eigenvalue weighted by atomic mass is 16.5. The molecule has 1 unspecified atom stereocenters. The van der Waals surface area contributed by atoms with Gasteiger partial charge >= 0.3 is 0 Å².